The van der Waals surface area contributed by atoms with Gasteiger partial charge in [-0.3, -0.25) is 9.80 Å². The summed E-state index contributed by atoms with van der Waals surface area (Å²) in [6.45, 7) is 6.60. The highest BCUT2D eigenvalue weighted by molar-refractivity contribution is 7.99. The quantitative estimate of drug-likeness (QED) is 0.741. The van der Waals surface area contributed by atoms with E-state index in [1.165, 1.54) is 10.9 Å². The van der Waals surface area contributed by atoms with Gasteiger partial charge in [-0.15, -0.1) is 23.1 Å². The van der Waals surface area contributed by atoms with Gasteiger partial charge in [0.15, 0.2) is 0 Å². The highest BCUT2D eigenvalue weighted by Crippen LogP contribution is 2.21. The van der Waals surface area contributed by atoms with Crippen molar-refractivity contribution in [1.82, 2.24) is 9.80 Å². The Morgan fingerprint density at radius 3 is 2.50 bits per heavy atom. The first-order valence-corrected chi connectivity index (χ1v) is 9.52. The molecule has 1 aliphatic heterocycles. The summed E-state index contributed by atoms with van der Waals surface area (Å²) in [5.74, 6) is 0.847. The van der Waals surface area contributed by atoms with Gasteiger partial charge in [0.1, 0.15) is 5.82 Å². The third-order valence-corrected chi connectivity index (χ3v) is 5.82. The van der Waals surface area contributed by atoms with Gasteiger partial charge in [-0.1, -0.05) is 18.2 Å². The molecule has 1 aromatic carbocycles. The molecule has 5 heteroatoms. The van der Waals surface area contributed by atoms with Crippen LogP contribution in [0.5, 0.6) is 0 Å². The molecule has 0 spiro atoms. The van der Waals surface area contributed by atoms with E-state index in [0.717, 1.165) is 49.9 Å². The fourth-order valence-corrected chi connectivity index (χ4v) is 4.34. The van der Waals surface area contributed by atoms with Crippen molar-refractivity contribution in [2.45, 2.75) is 11.4 Å². The molecule has 3 rings (SSSR count). The number of thiophene rings is 1. The Balaban J connectivity index is 1.36. The van der Waals surface area contributed by atoms with Gasteiger partial charge in [-0.25, -0.2) is 4.39 Å². The molecule has 1 aromatic heterocycles. The molecule has 2 heterocycles. The zero-order valence-corrected chi connectivity index (χ0v) is 14.2. The summed E-state index contributed by atoms with van der Waals surface area (Å²) in [4.78, 5) is 7.22. The van der Waals surface area contributed by atoms with E-state index in [9.17, 15) is 4.39 Å². The molecule has 0 bridgehead atoms. The standard InChI is InChI=1S/C17H21FN2S2/c18-16-5-1-2-6-17(16)22-13-11-19-7-9-20(10-8-19)14-15-4-3-12-21-15/h1-6,12H,7-11,13-14H2. The number of hydrogen-bond acceptors (Lipinski definition) is 4. The van der Waals surface area contributed by atoms with Crippen molar-refractivity contribution in [2.24, 2.45) is 0 Å². The van der Waals surface area contributed by atoms with Crippen LogP contribution in [-0.4, -0.2) is 48.3 Å². The smallest absolute Gasteiger partial charge is 0.136 e. The fraction of sp³-hybridized carbons (Fsp3) is 0.412. The lowest BCUT2D eigenvalue weighted by molar-refractivity contribution is 0.133. The molecule has 2 nitrogen and oxygen atoms in total. The summed E-state index contributed by atoms with van der Waals surface area (Å²) in [6, 6.07) is 11.4. The maximum absolute atomic E-state index is 13.5. The Hall–Kier alpha value is -0.880. The minimum Gasteiger partial charge on any atom is -0.300 e. The third-order valence-electron chi connectivity index (χ3n) is 3.93. The number of halogens is 1. The van der Waals surface area contributed by atoms with Crippen LogP contribution >= 0.6 is 23.1 Å². The predicted octanol–water partition coefficient (Wildman–Crippen LogP) is 3.80. The van der Waals surface area contributed by atoms with Crippen LogP contribution in [0.3, 0.4) is 0 Å². The van der Waals surface area contributed by atoms with Crippen LogP contribution in [0.4, 0.5) is 4.39 Å². The molecule has 22 heavy (non-hydrogen) atoms. The molecule has 0 atom stereocenters. The molecule has 1 aliphatic rings. The first-order chi connectivity index (χ1) is 10.8. The SMILES string of the molecule is Fc1ccccc1SCCN1CCN(Cc2cccs2)CC1. The predicted molar refractivity (Wildman–Crippen MR) is 93.2 cm³/mol. The Kier molecular flexibility index (Phi) is 5.89. The summed E-state index contributed by atoms with van der Waals surface area (Å²) >= 11 is 3.45. The maximum atomic E-state index is 13.5. The Morgan fingerprint density at radius 1 is 1.00 bits per heavy atom. The van der Waals surface area contributed by atoms with E-state index >= 15 is 0 Å². The summed E-state index contributed by atoms with van der Waals surface area (Å²) in [7, 11) is 0. The average molecular weight is 337 g/mol. The lowest BCUT2D eigenvalue weighted by atomic mass is 10.3. The molecule has 118 valence electrons. The molecule has 0 aliphatic carbocycles. The van der Waals surface area contributed by atoms with E-state index < -0.39 is 0 Å². The van der Waals surface area contributed by atoms with Crippen LogP contribution in [0, 0.1) is 5.82 Å². The van der Waals surface area contributed by atoms with Gasteiger partial charge in [-0.05, 0) is 23.6 Å². The Bertz CT molecular complexity index is 566. The topological polar surface area (TPSA) is 6.48 Å². The van der Waals surface area contributed by atoms with Crippen molar-refractivity contribution in [3.8, 4) is 0 Å². The number of piperazine rings is 1. The van der Waals surface area contributed by atoms with Crippen LogP contribution in [0.2, 0.25) is 0 Å². The van der Waals surface area contributed by atoms with Crippen LogP contribution in [0.25, 0.3) is 0 Å². The van der Waals surface area contributed by atoms with Crippen molar-refractivity contribution in [2.75, 3.05) is 38.5 Å². The zero-order valence-electron chi connectivity index (χ0n) is 12.6. The van der Waals surface area contributed by atoms with Gasteiger partial charge in [0.05, 0.1) is 0 Å². The van der Waals surface area contributed by atoms with E-state index in [2.05, 4.69) is 27.3 Å². The van der Waals surface area contributed by atoms with Crippen molar-refractivity contribution < 1.29 is 4.39 Å². The number of thioether (sulfide) groups is 1. The molecule has 0 radical (unpaired) electrons. The normalized spacial score (nSPS) is 17.0. The lowest BCUT2D eigenvalue weighted by Crippen LogP contribution is -2.46. The number of benzene rings is 1. The van der Waals surface area contributed by atoms with E-state index in [0.29, 0.717) is 0 Å². The molecule has 0 N–H and O–H groups in total. The van der Waals surface area contributed by atoms with Crippen LogP contribution in [0.15, 0.2) is 46.7 Å². The largest absolute Gasteiger partial charge is 0.300 e. The minimum atomic E-state index is -0.103. The molecule has 0 saturated carbocycles. The second-order valence-electron chi connectivity index (χ2n) is 5.48. The zero-order chi connectivity index (χ0) is 15.2. The maximum Gasteiger partial charge on any atom is 0.136 e. The molecule has 0 amide bonds. The number of rotatable bonds is 6. The van der Waals surface area contributed by atoms with Gasteiger partial charge in [0.25, 0.3) is 0 Å². The fourth-order valence-electron chi connectivity index (χ4n) is 2.64. The average Bonchev–Trinajstić information content (AvgIpc) is 3.04. The molecule has 0 unspecified atom stereocenters. The Morgan fingerprint density at radius 2 is 1.77 bits per heavy atom. The second kappa shape index (κ2) is 8.11. The van der Waals surface area contributed by atoms with Crippen LogP contribution in [0.1, 0.15) is 4.88 Å². The first-order valence-electron chi connectivity index (χ1n) is 7.66. The highest BCUT2D eigenvalue weighted by Gasteiger charge is 2.17. The van der Waals surface area contributed by atoms with Gasteiger partial charge in [-0.2, -0.15) is 0 Å². The Labute approximate surface area is 139 Å². The number of hydrogen-bond donors (Lipinski definition) is 0. The van der Waals surface area contributed by atoms with Crippen LogP contribution < -0.4 is 0 Å². The summed E-state index contributed by atoms with van der Waals surface area (Å²) in [5.41, 5.74) is 0. The molecular weight excluding hydrogens is 315 g/mol. The van der Waals surface area contributed by atoms with E-state index in [1.807, 2.05) is 23.5 Å². The van der Waals surface area contributed by atoms with Gasteiger partial charge < -0.3 is 0 Å². The number of nitrogens with zero attached hydrogens (tertiary/aromatic N) is 2. The summed E-state index contributed by atoms with van der Waals surface area (Å²) in [6.07, 6.45) is 0. The third kappa shape index (κ3) is 4.56. The van der Waals surface area contributed by atoms with Crippen LogP contribution in [-0.2, 0) is 6.54 Å². The van der Waals surface area contributed by atoms with Gasteiger partial charge >= 0.3 is 0 Å². The van der Waals surface area contributed by atoms with Gasteiger partial charge in [0.2, 0.25) is 0 Å². The summed E-state index contributed by atoms with van der Waals surface area (Å²) < 4.78 is 13.5. The van der Waals surface area contributed by atoms with Crippen molar-refractivity contribution in [1.29, 1.82) is 0 Å². The second-order valence-corrected chi connectivity index (χ2v) is 7.65. The van der Waals surface area contributed by atoms with Crippen molar-refractivity contribution >= 4 is 23.1 Å². The summed E-state index contributed by atoms with van der Waals surface area (Å²) in [5, 5.41) is 2.14. The lowest BCUT2D eigenvalue weighted by Gasteiger charge is -2.34. The highest BCUT2D eigenvalue weighted by atomic mass is 32.2. The first kappa shape index (κ1) is 16.0. The van der Waals surface area contributed by atoms with Gasteiger partial charge in [0, 0.05) is 54.8 Å². The van der Waals surface area contributed by atoms with Crippen molar-refractivity contribution in [3.63, 3.8) is 0 Å². The van der Waals surface area contributed by atoms with E-state index in [4.69, 9.17) is 0 Å². The minimum absolute atomic E-state index is 0.103. The van der Waals surface area contributed by atoms with E-state index in [1.54, 1.807) is 17.8 Å². The molecule has 2 aromatic rings. The molecule has 1 fully saturated rings. The molecular formula is C17H21FN2S2. The molecule has 1 saturated heterocycles. The van der Waals surface area contributed by atoms with E-state index in [-0.39, 0.29) is 5.82 Å². The van der Waals surface area contributed by atoms with Crippen molar-refractivity contribution in [3.05, 3.63) is 52.5 Å². The monoisotopic (exact) mass is 336 g/mol.